The molecule has 0 atom stereocenters. The molecule has 0 heterocycles. The van der Waals surface area contributed by atoms with Crippen LogP contribution in [0, 0.1) is 6.92 Å². The molecule has 4 nitrogen and oxygen atoms in total. The van der Waals surface area contributed by atoms with Crippen molar-refractivity contribution in [1.29, 1.82) is 0 Å². The summed E-state index contributed by atoms with van der Waals surface area (Å²) in [6.45, 7) is 4.17. The standard InChI is InChI=1S/C19H20Cl2N2O2/c1-13-3-6-17(21)11-18(13)22-19(25)9-10-23(14(2)24)12-15-4-7-16(20)8-5-15/h3-8,11H,9-10,12H2,1-2H3,(H,22,25). The molecule has 2 amide bonds. The fraction of sp³-hybridized carbons (Fsp3) is 0.263. The minimum Gasteiger partial charge on any atom is -0.338 e. The van der Waals surface area contributed by atoms with Crippen LogP contribution in [0.2, 0.25) is 10.0 Å². The Hall–Kier alpha value is -2.04. The molecule has 1 N–H and O–H groups in total. The molecule has 0 aliphatic rings. The Kier molecular flexibility index (Phi) is 6.85. The zero-order valence-electron chi connectivity index (χ0n) is 14.2. The zero-order valence-corrected chi connectivity index (χ0v) is 15.7. The Morgan fingerprint density at radius 2 is 1.68 bits per heavy atom. The van der Waals surface area contributed by atoms with E-state index < -0.39 is 0 Å². The van der Waals surface area contributed by atoms with E-state index in [0.717, 1.165) is 11.1 Å². The molecule has 132 valence electrons. The molecule has 0 bridgehead atoms. The van der Waals surface area contributed by atoms with E-state index in [1.165, 1.54) is 6.92 Å². The molecule has 2 aromatic carbocycles. The highest BCUT2D eigenvalue weighted by Gasteiger charge is 2.13. The van der Waals surface area contributed by atoms with Gasteiger partial charge in [-0.25, -0.2) is 0 Å². The fourth-order valence-electron chi connectivity index (χ4n) is 2.34. The van der Waals surface area contributed by atoms with Gasteiger partial charge in [0, 0.05) is 42.2 Å². The molecular weight excluding hydrogens is 359 g/mol. The quantitative estimate of drug-likeness (QED) is 0.792. The number of amides is 2. The van der Waals surface area contributed by atoms with Gasteiger partial charge < -0.3 is 10.2 Å². The predicted octanol–water partition coefficient (Wildman–Crippen LogP) is 4.68. The molecule has 2 aromatic rings. The average molecular weight is 379 g/mol. The van der Waals surface area contributed by atoms with E-state index in [-0.39, 0.29) is 18.2 Å². The van der Waals surface area contributed by atoms with Gasteiger partial charge in [0.05, 0.1) is 0 Å². The molecule has 0 aliphatic carbocycles. The van der Waals surface area contributed by atoms with Gasteiger partial charge in [0.1, 0.15) is 0 Å². The summed E-state index contributed by atoms with van der Waals surface area (Å²) in [4.78, 5) is 25.7. The maximum atomic E-state index is 12.2. The van der Waals surface area contributed by atoms with Crippen molar-refractivity contribution in [3.63, 3.8) is 0 Å². The fourth-order valence-corrected chi connectivity index (χ4v) is 2.63. The van der Waals surface area contributed by atoms with Crippen molar-refractivity contribution in [1.82, 2.24) is 4.90 Å². The highest BCUT2D eigenvalue weighted by Crippen LogP contribution is 2.20. The van der Waals surface area contributed by atoms with Crippen LogP contribution in [0.3, 0.4) is 0 Å². The van der Waals surface area contributed by atoms with E-state index in [9.17, 15) is 9.59 Å². The number of rotatable bonds is 6. The van der Waals surface area contributed by atoms with Gasteiger partial charge in [-0.2, -0.15) is 0 Å². The molecule has 25 heavy (non-hydrogen) atoms. The summed E-state index contributed by atoms with van der Waals surface area (Å²) in [5, 5.41) is 4.05. The third kappa shape index (κ3) is 6.07. The highest BCUT2D eigenvalue weighted by molar-refractivity contribution is 6.31. The maximum absolute atomic E-state index is 12.2. The number of hydrogen-bond acceptors (Lipinski definition) is 2. The minimum atomic E-state index is -0.160. The second-order valence-corrected chi connectivity index (χ2v) is 6.70. The molecule has 0 radical (unpaired) electrons. The van der Waals surface area contributed by atoms with Crippen LogP contribution in [0.25, 0.3) is 0 Å². The summed E-state index contributed by atoms with van der Waals surface area (Å²) in [7, 11) is 0. The Morgan fingerprint density at radius 1 is 1.04 bits per heavy atom. The summed E-state index contributed by atoms with van der Waals surface area (Å²) in [6.07, 6.45) is 0.207. The van der Waals surface area contributed by atoms with Gasteiger partial charge in [0.15, 0.2) is 0 Å². The lowest BCUT2D eigenvalue weighted by Gasteiger charge is -2.21. The van der Waals surface area contributed by atoms with Crippen molar-refractivity contribution in [2.75, 3.05) is 11.9 Å². The van der Waals surface area contributed by atoms with E-state index in [4.69, 9.17) is 23.2 Å². The number of nitrogens with one attached hydrogen (secondary N) is 1. The van der Waals surface area contributed by atoms with Gasteiger partial charge in [-0.1, -0.05) is 41.4 Å². The summed E-state index contributed by atoms with van der Waals surface area (Å²) in [5.74, 6) is -0.241. The van der Waals surface area contributed by atoms with Gasteiger partial charge in [0.2, 0.25) is 11.8 Å². The first-order chi connectivity index (χ1) is 11.8. The van der Waals surface area contributed by atoms with Crippen molar-refractivity contribution in [3.8, 4) is 0 Å². The lowest BCUT2D eigenvalue weighted by molar-refractivity contribution is -0.129. The lowest BCUT2D eigenvalue weighted by atomic mass is 10.2. The summed E-state index contributed by atoms with van der Waals surface area (Å²) >= 11 is 11.8. The lowest BCUT2D eigenvalue weighted by Crippen LogP contribution is -2.31. The number of aryl methyl sites for hydroxylation is 1. The molecule has 0 aliphatic heterocycles. The monoisotopic (exact) mass is 378 g/mol. The average Bonchev–Trinajstić information content (AvgIpc) is 2.56. The van der Waals surface area contributed by atoms with Crippen molar-refractivity contribution in [2.45, 2.75) is 26.8 Å². The molecule has 0 saturated heterocycles. The van der Waals surface area contributed by atoms with Crippen LogP contribution in [-0.2, 0) is 16.1 Å². The molecule has 0 saturated carbocycles. The van der Waals surface area contributed by atoms with Crippen LogP contribution in [0.1, 0.15) is 24.5 Å². The predicted molar refractivity (Wildman–Crippen MR) is 102 cm³/mol. The van der Waals surface area contributed by atoms with Crippen molar-refractivity contribution in [2.24, 2.45) is 0 Å². The van der Waals surface area contributed by atoms with Crippen LogP contribution in [-0.4, -0.2) is 23.3 Å². The van der Waals surface area contributed by atoms with Crippen LogP contribution < -0.4 is 5.32 Å². The SMILES string of the molecule is CC(=O)N(CCC(=O)Nc1cc(Cl)ccc1C)Cc1ccc(Cl)cc1. The Labute approximate surface area is 157 Å². The number of anilines is 1. The van der Waals surface area contributed by atoms with E-state index >= 15 is 0 Å². The molecule has 0 unspecified atom stereocenters. The Morgan fingerprint density at radius 3 is 2.32 bits per heavy atom. The number of carbonyl (C=O) groups excluding carboxylic acids is 2. The summed E-state index contributed by atoms with van der Waals surface area (Å²) in [5.41, 5.74) is 2.58. The number of nitrogens with zero attached hydrogens (tertiary/aromatic N) is 1. The van der Waals surface area contributed by atoms with Crippen molar-refractivity contribution in [3.05, 3.63) is 63.6 Å². The van der Waals surface area contributed by atoms with E-state index in [1.54, 1.807) is 29.2 Å². The van der Waals surface area contributed by atoms with Gasteiger partial charge in [-0.15, -0.1) is 0 Å². The zero-order chi connectivity index (χ0) is 18.4. The molecule has 0 spiro atoms. The summed E-state index contributed by atoms with van der Waals surface area (Å²) in [6, 6.07) is 12.6. The normalized spacial score (nSPS) is 10.4. The second-order valence-electron chi connectivity index (χ2n) is 5.82. The Bertz CT molecular complexity index is 761. The number of benzene rings is 2. The van der Waals surface area contributed by atoms with Crippen LogP contribution in [0.5, 0.6) is 0 Å². The number of halogens is 2. The van der Waals surface area contributed by atoms with E-state index in [0.29, 0.717) is 28.8 Å². The first-order valence-electron chi connectivity index (χ1n) is 7.91. The molecule has 2 rings (SSSR count). The minimum absolute atomic E-state index is 0.0818. The van der Waals surface area contributed by atoms with Crippen LogP contribution in [0.15, 0.2) is 42.5 Å². The van der Waals surface area contributed by atoms with Crippen molar-refractivity contribution < 1.29 is 9.59 Å². The molecule has 0 fully saturated rings. The maximum Gasteiger partial charge on any atom is 0.226 e. The largest absolute Gasteiger partial charge is 0.338 e. The highest BCUT2D eigenvalue weighted by atomic mass is 35.5. The smallest absolute Gasteiger partial charge is 0.226 e. The molecule has 6 heteroatoms. The van der Waals surface area contributed by atoms with Gasteiger partial charge in [-0.3, -0.25) is 9.59 Å². The topological polar surface area (TPSA) is 49.4 Å². The van der Waals surface area contributed by atoms with Gasteiger partial charge in [-0.05, 0) is 42.3 Å². The second kappa shape index (κ2) is 8.88. The summed E-state index contributed by atoms with van der Waals surface area (Å²) < 4.78 is 0. The van der Waals surface area contributed by atoms with Crippen LogP contribution in [0.4, 0.5) is 5.69 Å². The van der Waals surface area contributed by atoms with Gasteiger partial charge in [0.25, 0.3) is 0 Å². The van der Waals surface area contributed by atoms with E-state index in [1.807, 2.05) is 25.1 Å². The molecular formula is C19H20Cl2N2O2. The third-order valence-electron chi connectivity index (χ3n) is 3.81. The number of hydrogen-bond donors (Lipinski definition) is 1. The number of carbonyl (C=O) groups is 2. The van der Waals surface area contributed by atoms with E-state index in [2.05, 4.69) is 5.32 Å². The van der Waals surface area contributed by atoms with Gasteiger partial charge >= 0.3 is 0 Å². The first kappa shape index (κ1) is 19.3. The first-order valence-corrected chi connectivity index (χ1v) is 8.66. The van der Waals surface area contributed by atoms with Crippen molar-refractivity contribution >= 4 is 40.7 Å². The molecule has 0 aromatic heterocycles. The Balaban J connectivity index is 1.93. The third-order valence-corrected chi connectivity index (χ3v) is 4.30. The van der Waals surface area contributed by atoms with Crippen LogP contribution >= 0.6 is 23.2 Å².